The van der Waals surface area contributed by atoms with Crippen molar-refractivity contribution in [3.63, 3.8) is 0 Å². The van der Waals surface area contributed by atoms with Crippen LogP contribution in [0.3, 0.4) is 0 Å². The number of piperidine rings is 1. The summed E-state index contributed by atoms with van der Waals surface area (Å²) in [6.45, 7) is 8.49. The normalized spacial score (nSPS) is 21.7. The van der Waals surface area contributed by atoms with Crippen molar-refractivity contribution in [1.29, 1.82) is 0 Å². The predicted octanol–water partition coefficient (Wildman–Crippen LogP) is 2.17. The highest BCUT2D eigenvalue weighted by Gasteiger charge is 2.37. The van der Waals surface area contributed by atoms with E-state index in [0.717, 1.165) is 12.8 Å². The minimum absolute atomic E-state index is 0.0394. The van der Waals surface area contributed by atoms with E-state index in [4.69, 9.17) is 4.74 Å². The first-order valence-electron chi connectivity index (χ1n) is 7.33. The maximum atomic E-state index is 12.5. The molecule has 0 N–H and O–H groups in total. The lowest BCUT2D eigenvalue weighted by Gasteiger charge is -2.33. The van der Waals surface area contributed by atoms with Crippen LogP contribution in [0.5, 0.6) is 0 Å². The molecule has 5 nitrogen and oxygen atoms in total. The second kappa shape index (κ2) is 6.89. The Morgan fingerprint density at radius 2 is 1.95 bits per heavy atom. The van der Waals surface area contributed by atoms with Gasteiger partial charge in [0, 0.05) is 6.54 Å². The smallest absolute Gasteiger partial charge is 0.324 e. The zero-order chi connectivity index (χ0) is 15.4. The molecule has 0 aromatic heterocycles. The summed E-state index contributed by atoms with van der Waals surface area (Å²) in [5.74, 6) is -0.321. The topological polar surface area (TPSA) is 63.7 Å². The molecule has 1 saturated heterocycles. The van der Waals surface area contributed by atoms with Gasteiger partial charge in [0.05, 0.1) is 12.4 Å². The van der Waals surface area contributed by atoms with Crippen molar-refractivity contribution in [3.8, 4) is 0 Å². The Morgan fingerprint density at radius 1 is 1.30 bits per heavy atom. The minimum atomic E-state index is -3.40. The Bertz CT molecular complexity index is 425. The fraction of sp³-hybridized carbons (Fsp3) is 0.929. The Hall–Kier alpha value is -0.620. The number of nitrogens with zero attached hydrogens (tertiary/aromatic N) is 1. The molecule has 1 aliphatic heterocycles. The highest BCUT2D eigenvalue weighted by Crippen LogP contribution is 2.25. The van der Waals surface area contributed by atoms with Crippen LogP contribution in [0.1, 0.15) is 53.4 Å². The first-order valence-corrected chi connectivity index (χ1v) is 8.94. The van der Waals surface area contributed by atoms with Crippen LogP contribution < -0.4 is 0 Å². The van der Waals surface area contributed by atoms with E-state index in [9.17, 15) is 13.2 Å². The highest BCUT2D eigenvalue weighted by molar-refractivity contribution is 7.89. The van der Waals surface area contributed by atoms with Gasteiger partial charge in [0.2, 0.25) is 10.0 Å². The van der Waals surface area contributed by atoms with Gasteiger partial charge in [-0.3, -0.25) is 4.79 Å². The summed E-state index contributed by atoms with van der Waals surface area (Å²) in [6.07, 6.45) is 2.83. The lowest BCUT2D eigenvalue weighted by Crippen LogP contribution is -2.49. The van der Waals surface area contributed by atoms with Gasteiger partial charge in [-0.1, -0.05) is 20.8 Å². The van der Waals surface area contributed by atoms with Crippen molar-refractivity contribution < 1.29 is 17.9 Å². The molecule has 0 saturated carbocycles. The summed E-state index contributed by atoms with van der Waals surface area (Å²) < 4.78 is 31.3. The van der Waals surface area contributed by atoms with E-state index >= 15 is 0 Å². The van der Waals surface area contributed by atoms with E-state index < -0.39 is 22.0 Å². The van der Waals surface area contributed by atoms with Crippen LogP contribution in [0, 0.1) is 5.41 Å². The SMILES string of the molecule is CCOC(=O)C1CCCCN1S(=O)(=O)CCC(C)(C)C. The molecule has 1 heterocycles. The van der Waals surface area contributed by atoms with Gasteiger partial charge in [-0.2, -0.15) is 4.31 Å². The van der Waals surface area contributed by atoms with Crippen LogP contribution in [0.25, 0.3) is 0 Å². The molecule has 1 fully saturated rings. The zero-order valence-electron chi connectivity index (χ0n) is 13.0. The van der Waals surface area contributed by atoms with Crippen molar-refractivity contribution in [1.82, 2.24) is 4.31 Å². The summed E-state index contributed by atoms with van der Waals surface area (Å²) in [7, 11) is -3.40. The lowest BCUT2D eigenvalue weighted by molar-refractivity contribution is -0.148. The number of hydrogen-bond acceptors (Lipinski definition) is 4. The molecule has 1 unspecified atom stereocenters. The average Bonchev–Trinajstić information content (AvgIpc) is 2.36. The molecule has 0 aliphatic carbocycles. The van der Waals surface area contributed by atoms with Gasteiger partial charge in [0.1, 0.15) is 6.04 Å². The molecule has 6 heteroatoms. The Balaban J connectivity index is 2.80. The van der Waals surface area contributed by atoms with E-state index in [1.54, 1.807) is 6.92 Å². The van der Waals surface area contributed by atoms with E-state index in [1.165, 1.54) is 4.31 Å². The second-order valence-electron chi connectivity index (χ2n) is 6.50. The fourth-order valence-corrected chi connectivity index (χ4v) is 4.36. The molecular formula is C14H27NO4S. The third-order valence-corrected chi connectivity index (χ3v) is 5.35. The van der Waals surface area contributed by atoms with Crippen LogP contribution >= 0.6 is 0 Å². The summed E-state index contributed by atoms with van der Waals surface area (Å²) in [5.41, 5.74) is -0.0394. The standard InChI is InChI=1S/C14H27NO4S/c1-5-19-13(16)12-8-6-7-10-15(12)20(17,18)11-9-14(2,3)4/h12H,5-11H2,1-4H3. The predicted molar refractivity (Wildman–Crippen MR) is 78.8 cm³/mol. The van der Waals surface area contributed by atoms with Crippen molar-refractivity contribution in [3.05, 3.63) is 0 Å². The molecule has 0 radical (unpaired) electrons. The van der Waals surface area contributed by atoms with Crippen LogP contribution in [-0.4, -0.2) is 43.6 Å². The van der Waals surface area contributed by atoms with Gasteiger partial charge in [-0.05, 0) is 38.0 Å². The van der Waals surface area contributed by atoms with Crippen molar-refractivity contribution >= 4 is 16.0 Å². The quantitative estimate of drug-likeness (QED) is 0.730. The van der Waals surface area contributed by atoms with E-state index in [0.29, 0.717) is 19.4 Å². The first-order chi connectivity index (χ1) is 9.17. The number of carbonyl (C=O) groups excluding carboxylic acids is 1. The van der Waals surface area contributed by atoms with Crippen LogP contribution in [0.15, 0.2) is 0 Å². The van der Waals surface area contributed by atoms with Gasteiger partial charge < -0.3 is 4.74 Å². The summed E-state index contributed by atoms with van der Waals surface area (Å²) in [4.78, 5) is 11.9. The van der Waals surface area contributed by atoms with Crippen molar-refractivity contribution in [2.24, 2.45) is 5.41 Å². The third kappa shape index (κ3) is 5.05. The summed E-state index contributed by atoms with van der Waals surface area (Å²) in [6, 6.07) is -0.631. The van der Waals surface area contributed by atoms with Gasteiger partial charge in [-0.25, -0.2) is 8.42 Å². The van der Waals surface area contributed by atoms with E-state index in [2.05, 4.69) is 0 Å². The lowest BCUT2D eigenvalue weighted by atomic mass is 9.94. The van der Waals surface area contributed by atoms with E-state index in [-0.39, 0.29) is 17.8 Å². The fourth-order valence-electron chi connectivity index (χ4n) is 2.26. The van der Waals surface area contributed by atoms with E-state index in [1.807, 2.05) is 20.8 Å². The van der Waals surface area contributed by atoms with Gasteiger partial charge in [-0.15, -0.1) is 0 Å². The molecule has 1 aliphatic rings. The van der Waals surface area contributed by atoms with Crippen LogP contribution in [0.4, 0.5) is 0 Å². The number of sulfonamides is 1. The maximum absolute atomic E-state index is 12.5. The molecule has 1 atom stereocenters. The van der Waals surface area contributed by atoms with Crippen molar-refractivity contribution in [2.45, 2.75) is 59.4 Å². The molecule has 118 valence electrons. The molecule has 0 spiro atoms. The molecule has 1 rings (SSSR count). The van der Waals surface area contributed by atoms with Crippen LogP contribution in [0.2, 0.25) is 0 Å². The Morgan fingerprint density at radius 3 is 2.50 bits per heavy atom. The second-order valence-corrected chi connectivity index (χ2v) is 8.54. The zero-order valence-corrected chi connectivity index (χ0v) is 13.8. The van der Waals surface area contributed by atoms with Gasteiger partial charge >= 0.3 is 5.97 Å². The summed E-state index contributed by atoms with van der Waals surface area (Å²) in [5, 5.41) is 0. The molecular weight excluding hydrogens is 278 g/mol. The largest absolute Gasteiger partial charge is 0.465 e. The number of esters is 1. The number of ether oxygens (including phenoxy) is 1. The monoisotopic (exact) mass is 305 g/mol. The highest BCUT2D eigenvalue weighted by atomic mass is 32.2. The average molecular weight is 305 g/mol. The van der Waals surface area contributed by atoms with Gasteiger partial charge in [0.15, 0.2) is 0 Å². The Labute approximate surface area is 122 Å². The molecule has 0 aromatic carbocycles. The third-order valence-electron chi connectivity index (χ3n) is 3.48. The first kappa shape index (κ1) is 17.4. The molecule has 0 bridgehead atoms. The number of hydrogen-bond donors (Lipinski definition) is 0. The minimum Gasteiger partial charge on any atom is -0.465 e. The molecule has 0 amide bonds. The van der Waals surface area contributed by atoms with Gasteiger partial charge in [0.25, 0.3) is 0 Å². The van der Waals surface area contributed by atoms with Crippen LogP contribution in [-0.2, 0) is 19.6 Å². The summed E-state index contributed by atoms with van der Waals surface area (Å²) >= 11 is 0. The number of rotatable bonds is 5. The van der Waals surface area contributed by atoms with Crippen molar-refractivity contribution in [2.75, 3.05) is 18.9 Å². The number of carbonyl (C=O) groups is 1. The molecule has 20 heavy (non-hydrogen) atoms. The molecule has 0 aromatic rings. The Kier molecular flexibility index (Phi) is 6.01. The maximum Gasteiger partial charge on any atom is 0.324 e.